The molecule has 0 aliphatic carbocycles. The van der Waals surface area contributed by atoms with E-state index in [4.69, 9.17) is 11.6 Å². The van der Waals surface area contributed by atoms with Crippen LogP contribution in [-0.2, 0) is 16.6 Å². The molecule has 3 aromatic carbocycles. The van der Waals surface area contributed by atoms with Crippen LogP contribution < -0.4 is 10.4 Å². The van der Waals surface area contributed by atoms with Gasteiger partial charge in [-0.3, -0.25) is 4.79 Å². The van der Waals surface area contributed by atoms with Gasteiger partial charge in [-0.2, -0.15) is 0 Å². The standard InChI is InChI=1S/C27H30ClN3O/c1-30(2)19-9-17-27(22-11-4-3-5-12-22)24-14-6-7-15-25(24)31(26(27)32)29-18-16-21-10-8-13-23(28)20-21/h3-8,10-15,20,29H,9,16-19H2,1-2H3. The molecule has 0 spiro atoms. The summed E-state index contributed by atoms with van der Waals surface area (Å²) in [5.41, 5.74) is 6.94. The monoisotopic (exact) mass is 447 g/mol. The van der Waals surface area contributed by atoms with E-state index in [9.17, 15) is 4.79 Å². The Morgan fingerprint density at radius 2 is 1.72 bits per heavy atom. The lowest BCUT2D eigenvalue weighted by Gasteiger charge is -2.30. The molecule has 1 aliphatic rings. The summed E-state index contributed by atoms with van der Waals surface area (Å²) in [6, 6.07) is 26.3. The predicted octanol–water partition coefficient (Wildman–Crippen LogP) is 5.06. The van der Waals surface area contributed by atoms with Crippen LogP contribution >= 0.6 is 11.6 Å². The molecule has 0 aromatic heterocycles. The number of carbonyl (C=O) groups excluding carboxylic acids is 1. The molecule has 0 saturated heterocycles. The van der Waals surface area contributed by atoms with E-state index in [1.807, 2.05) is 54.6 Å². The first kappa shape index (κ1) is 22.5. The van der Waals surface area contributed by atoms with E-state index in [1.165, 1.54) is 0 Å². The van der Waals surface area contributed by atoms with E-state index in [-0.39, 0.29) is 5.91 Å². The molecule has 0 bridgehead atoms. The highest BCUT2D eigenvalue weighted by Crippen LogP contribution is 2.48. The molecule has 1 atom stereocenters. The predicted molar refractivity (Wildman–Crippen MR) is 132 cm³/mol. The minimum absolute atomic E-state index is 0.0924. The van der Waals surface area contributed by atoms with Crippen LogP contribution in [0, 0.1) is 0 Å². The second-order valence-corrected chi connectivity index (χ2v) is 9.06. The molecular weight excluding hydrogens is 418 g/mol. The number of nitrogens with one attached hydrogen (secondary N) is 1. The second-order valence-electron chi connectivity index (χ2n) is 8.62. The molecule has 0 fully saturated rings. The van der Waals surface area contributed by atoms with E-state index in [0.717, 1.165) is 53.2 Å². The summed E-state index contributed by atoms with van der Waals surface area (Å²) in [5.74, 6) is 0.0924. The number of fused-ring (bicyclic) bond motifs is 1. The quantitative estimate of drug-likeness (QED) is 0.498. The average Bonchev–Trinajstić information content (AvgIpc) is 3.03. The zero-order chi connectivity index (χ0) is 22.6. The van der Waals surface area contributed by atoms with Crippen LogP contribution in [0.1, 0.15) is 29.5 Å². The van der Waals surface area contributed by atoms with Crippen molar-refractivity contribution >= 4 is 23.2 Å². The van der Waals surface area contributed by atoms with Crippen LogP contribution in [0.5, 0.6) is 0 Å². The van der Waals surface area contributed by atoms with Gasteiger partial charge in [0.2, 0.25) is 0 Å². The minimum atomic E-state index is -0.684. The maximum atomic E-state index is 14.1. The molecule has 1 aliphatic heterocycles. The highest BCUT2D eigenvalue weighted by molar-refractivity contribution is 6.30. The van der Waals surface area contributed by atoms with Crippen molar-refractivity contribution in [2.45, 2.75) is 24.7 Å². The van der Waals surface area contributed by atoms with Gasteiger partial charge in [0.15, 0.2) is 0 Å². The molecule has 3 aromatic rings. The fourth-order valence-corrected chi connectivity index (χ4v) is 4.87. The number of hydrogen-bond donors (Lipinski definition) is 1. The third-order valence-electron chi connectivity index (χ3n) is 6.17. The van der Waals surface area contributed by atoms with Crippen LogP contribution in [0.4, 0.5) is 5.69 Å². The molecule has 4 rings (SSSR count). The normalized spacial score (nSPS) is 17.8. The molecule has 0 radical (unpaired) electrons. The minimum Gasteiger partial charge on any atom is -0.309 e. The Hall–Kier alpha value is -2.66. The van der Waals surface area contributed by atoms with Gasteiger partial charge in [-0.15, -0.1) is 0 Å². The summed E-state index contributed by atoms with van der Waals surface area (Å²) in [6.07, 6.45) is 2.47. The highest BCUT2D eigenvalue weighted by Gasteiger charge is 2.51. The molecule has 1 amide bonds. The molecule has 1 unspecified atom stereocenters. The Labute approximate surface area is 195 Å². The third-order valence-corrected chi connectivity index (χ3v) is 6.40. The smallest absolute Gasteiger partial charge is 0.256 e. The van der Waals surface area contributed by atoms with Crippen molar-refractivity contribution < 1.29 is 4.79 Å². The van der Waals surface area contributed by atoms with Gasteiger partial charge in [0.05, 0.1) is 5.69 Å². The van der Waals surface area contributed by atoms with Crippen LogP contribution in [0.25, 0.3) is 0 Å². The first-order valence-electron chi connectivity index (χ1n) is 11.1. The zero-order valence-electron chi connectivity index (χ0n) is 18.7. The fourth-order valence-electron chi connectivity index (χ4n) is 4.65. The number of nitrogens with zero attached hydrogens (tertiary/aromatic N) is 2. The molecule has 32 heavy (non-hydrogen) atoms. The Morgan fingerprint density at radius 3 is 2.47 bits per heavy atom. The number of hydrazine groups is 1. The molecule has 1 heterocycles. The number of rotatable bonds is 9. The number of para-hydroxylation sites is 1. The number of halogens is 1. The maximum absolute atomic E-state index is 14.1. The van der Waals surface area contributed by atoms with Gasteiger partial charge < -0.3 is 4.90 Å². The van der Waals surface area contributed by atoms with Crippen LogP contribution in [0.2, 0.25) is 5.02 Å². The molecular formula is C27H30ClN3O. The summed E-state index contributed by atoms with van der Waals surface area (Å²) >= 11 is 6.13. The molecule has 0 saturated carbocycles. The van der Waals surface area contributed by atoms with E-state index in [0.29, 0.717) is 6.54 Å². The van der Waals surface area contributed by atoms with Crippen molar-refractivity contribution in [2.75, 3.05) is 32.2 Å². The van der Waals surface area contributed by atoms with Gasteiger partial charge in [-0.25, -0.2) is 10.4 Å². The largest absolute Gasteiger partial charge is 0.309 e. The van der Waals surface area contributed by atoms with E-state index >= 15 is 0 Å². The number of hydrogen-bond acceptors (Lipinski definition) is 3. The SMILES string of the molecule is CN(C)CCCC1(c2ccccc2)C(=O)N(NCCc2cccc(Cl)c2)c2ccccc21. The highest BCUT2D eigenvalue weighted by atomic mass is 35.5. The van der Waals surface area contributed by atoms with Crippen molar-refractivity contribution in [3.05, 3.63) is 101 Å². The van der Waals surface area contributed by atoms with Gasteiger partial charge in [0, 0.05) is 11.6 Å². The summed E-state index contributed by atoms with van der Waals surface area (Å²) in [7, 11) is 4.15. The number of amides is 1. The maximum Gasteiger partial charge on any atom is 0.256 e. The molecule has 1 N–H and O–H groups in total. The van der Waals surface area contributed by atoms with Crippen LogP contribution in [0.3, 0.4) is 0 Å². The van der Waals surface area contributed by atoms with Crippen molar-refractivity contribution in [2.24, 2.45) is 0 Å². The van der Waals surface area contributed by atoms with E-state index in [2.05, 4.69) is 48.7 Å². The van der Waals surface area contributed by atoms with Crippen LogP contribution in [0.15, 0.2) is 78.9 Å². The number of benzene rings is 3. The Morgan fingerprint density at radius 1 is 0.969 bits per heavy atom. The summed E-state index contributed by atoms with van der Waals surface area (Å²) < 4.78 is 0. The molecule has 5 heteroatoms. The lowest BCUT2D eigenvalue weighted by molar-refractivity contribution is -0.122. The number of anilines is 1. The summed E-state index contributed by atoms with van der Waals surface area (Å²) in [6.45, 7) is 1.58. The van der Waals surface area contributed by atoms with Gasteiger partial charge in [-0.1, -0.05) is 72.3 Å². The lowest BCUT2D eigenvalue weighted by Crippen LogP contribution is -2.48. The van der Waals surface area contributed by atoms with Crippen molar-refractivity contribution in [3.63, 3.8) is 0 Å². The first-order valence-corrected chi connectivity index (χ1v) is 11.5. The Balaban J connectivity index is 1.64. The fraction of sp³-hybridized carbons (Fsp3) is 0.296. The van der Waals surface area contributed by atoms with Gasteiger partial charge in [0.1, 0.15) is 5.41 Å². The second kappa shape index (κ2) is 9.86. The summed E-state index contributed by atoms with van der Waals surface area (Å²) in [4.78, 5) is 16.3. The Bertz CT molecular complexity index is 1070. The Kier molecular flexibility index (Phi) is 6.95. The molecule has 166 valence electrons. The molecule has 4 nitrogen and oxygen atoms in total. The van der Waals surface area contributed by atoms with E-state index in [1.54, 1.807) is 5.01 Å². The van der Waals surface area contributed by atoms with Gasteiger partial charge >= 0.3 is 0 Å². The first-order chi connectivity index (χ1) is 15.5. The topological polar surface area (TPSA) is 35.6 Å². The third kappa shape index (κ3) is 4.44. The van der Waals surface area contributed by atoms with Gasteiger partial charge in [-0.05, 0) is 74.8 Å². The van der Waals surface area contributed by atoms with Crippen molar-refractivity contribution in [1.29, 1.82) is 0 Å². The van der Waals surface area contributed by atoms with Crippen LogP contribution in [-0.4, -0.2) is 38.0 Å². The average molecular weight is 448 g/mol. The van der Waals surface area contributed by atoms with Crippen molar-refractivity contribution in [1.82, 2.24) is 10.3 Å². The zero-order valence-corrected chi connectivity index (χ0v) is 19.5. The number of carbonyl (C=O) groups is 1. The van der Waals surface area contributed by atoms with Gasteiger partial charge in [0.25, 0.3) is 5.91 Å². The lowest BCUT2D eigenvalue weighted by atomic mass is 9.72. The van der Waals surface area contributed by atoms with Crippen molar-refractivity contribution in [3.8, 4) is 0 Å². The summed E-state index contributed by atoms with van der Waals surface area (Å²) in [5, 5.41) is 2.50. The van der Waals surface area contributed by atoms with E-state index < -0.39 is 5.41 Å².